The van der Waals surface area contributed by atoms with E-state index in [1.165, 1.54) is 11.3 Å². The monoisotopic (exact) mass is 285 g/mol. The van der Waals surface area contributed by atoms with Crippen LogP contribution in [0.3, 0.4) is 0 Å². The van der Waals surface area contributed by atoms with Crippen LogP contribution in [0.4, 0.5) is 4.79 Å². The average Bonchev–Trinajstić information content (AvgIpc) is 2.79. The maximum Gasteiger partial charge on any atom is 0.315 e. The molecule has 6 nitrogen and oxygen atoms in total. The van der Waals surface area contributed by atoms with Gasteiger partial charge >= 0.3 is 12.0 Å². The van der Waals surface area contributed by atoms with Crippen molar-refractivity contribution >= 4 is 23.3 Å². The van der Waals surface area contributed by atoms with Gasteiger partial charge in [0.15, 0.2) is 0 Å². The normalized spacial score (nSPS) is 12.0. The lowest BCUT2D eigenvalue weighted by Crippen LogP contribution is -2.49. The molecule has 0 fully saturated rings. The number of carbonyl (C=O) groups is 2. The first-order valence-electron chi connectivity index (χ1n) is 5.84. The van der Waals surface area contributed by atoms with E-state index in [4.69, 9.17) is 5.11 Å². The van der Waals surface area contributed by atoms with E-state index in [0.717, 1.165) is 5.01 Å². The molecule has 0 aliphatic carbocycles. The molecular weight excluding hydrogens is 266 g/mol. The number of hydrogen-bond acceptors (Lipinski definition) is 4. The molecule has 0 spiro atoms. The van der Waals surface area contributed by atoms with Crippen LogP contribution < -0.4 is 10.6 Å². The van der Waals surface area contributed by atoms with Crippen LogP contribution in [0.2, 0.25) is 0 Å². The Hall–Kier alpha value is -1.63. The van der Waals surface area contributed by atoms with Gasteiger partial charge in [-0.15, -0.1) is 11.3 Å². The molecule has 0 bridgehead atoms. The lowest BCUT2D eigenvalue weighted by molar-refractivity contribution is -0.146. The summed E-state index contributed by atoms with van der Waals surface area (Å²) in [6.45, 7) is 6.85. The molecule has 0 unspecified atom stereocenters. The van der Waals surface area contributed by atoms with Gasteiger partial charge in [0, 0.05) is 18.1 Å². The van der Waals surface area contributed by atoms with E-state index in [9.17, 15) is 9.59 Å². The Morgan fingerprint density at radius 2 is 2.00 bits per heavy atom. The van der Waals surface area contributed by atoms with Crippen molar-refractivity contribution in [2.24, 2.45) is 5.41 Å². The Morgan fingerprint density at radius 3 is 2.47 bits per heavy atom. The number of aromatic nitrogens is 1. The summed E-state index contributed by atoms with van der Waals surface area (Å²) in [4.78, 5) is 26.9. The molecule has 0 saturated carbocycles. The summed E-state index contributed by atoms with van der Waals surface area (Å²) in [5, 5.41) is 16.9. The fraction of sp³-hybridized carbons (Fsp3) is 0.583. The summed E-state index contributed by atoms with van der Waals surface area (Å²) >= 11 is 1.45. The van der Waals surface area contributed by atoms with Crippen molar-refractivity contribution in [3.8, 4) is 0 Å². The molecule has 0 atom stereocenters. The molecule has 1 aromatic heterocycles. The van der Waals surface area contributed by atoms with E-state index in [0.29, 0.717) is 0 Å². The second kappa shape index (κ2) is 5.56. The number of carbonyl (C=O) groups excluding carboxylic acids is 1. The summed E-state index contributed by atoms with van der Waals surface area (Å²) in [5.74, 6) is -0.952. The Balaban J connectivity index is 2.55. The van der Waals surface area contributed by atoms with Gasteiger partial charge in [-0.05, 0) is 27.7 Å². The minimum absolute atomic E-state index is 0.0577. The van der Waals surface area contributed by atoms with Gasteiger partial charge in [-0.3, -0.25) is 4.79 Å². The quantitative estimate of drug-likeness (QED) is 0.769. The highest BCUT2D eigenvalue weighted by molar-refractivity contribution is 7.09. The summed E-state index contributed by atoms with van der Waals surface area (Å²) in [5.41, 5.74) is -1.59. The molecule has 106 valence electrons. The van der Waals surface area contributed by atoms with Gasteiger partial charge < -0.3 is 15.7 Å². The second-order valence-electron chi connectivity index (χ2n) is 5.46. The largest absolute Gasteiger partial charge is 0.481 e. The van der Waals surface area contributed by atoms with Crippen LogP contribution in [0.25, 0.3) is 0 Å². The molecule has 0 saturated heterocycles. The summed E-state index contributed by atoms with van der Waals surface area (Å²) < 4.78 is 0. The number of rotatable bonds is 5. The Labute approximate surface area is 116 Å². The second-order valence-corrected chi connectivity index (χ2v) is 6.35. The van der Waals surface area contributed by atoms with E-state index >= 15 is 0 Å². The fourth-order valence-electron chi connectivity index (χ4n) is 1.29. The molecule has 2 amide bonds. The maximum atomic E-state index is 11.8. The van der Waals surface area contributed by atoms with Crippen LogP contribution in [0, 0.1) is 5.41 Å². The molecule has 7 heteroatoms. The molecule has 3 N–H and O–H groups in total. The van der Waals surface area contributed by atoms with Gasteiger partial charge in [-0.25, -0.2) is 9.78 Å². The first-order chi connectivity index (χ1) is 8.65. The van der Waals surface area contributed by atoms with Crippen molar-refractivity contribution in [1.82, 2.24) is 15.6 Å². The number of thiazole rings is 1. The van der Waals surface area contributed by atoms with E-state index in [1.807, 2.05) is 19.2 Å². The van der Waals surface area contributed by atoms with Crippen LogP contribution in [0.15, 0.2) is 11.6 Å². The molecule has 0 aromatic carbocycles. The van der Waals surface area contributed by atoms with Gasteiger partial charge in [-0.1, -0.05) is 0 Å². The number of hydrogen-bond donors (Lipinski definition) is 3. The zero-order valence-electron chi connectivity index (χ0n) is 11.5. The van der Waals surface area contributed by atoms with E-state index in [1.54, 1.807) is 20.0 Å². The highest BCUT2D eigenvalue weighted by Gasteiger charge is 2.29. The lowest BCUT2D eigenvalue weighted by atomic mass is 9.94. The molecule has 1 heterocycles. The number of carboxylic acid groups (broad SMARTS) is 1. The van der Waals surface area contributed by atoms with E-state index < -0.39 is 23.0 Å². The van der Waals surface area contributed by atoms with Crippen LogP contribution in [-0.4, -0.2) is 28.6 Å². The summed E-state index contributed by atoms with van der Waals surface area (Å²) in [6, 6.07) is -0.408. The fourth-order valence-corrected chi connectivity index (χ4v) is 2.01. The van der Waals surface area contributed by atoms with Crippen molar-refractivity contribution in [1.29, 1.82) is 0 Å². The van der Waals surface area contributed by atoms with Crippen molar-refractivity contribution < 1.29 is 14.7 Å². The Bertz CT molecular complexity index is 455. The first-order valence-corrected chi connectivity index (χ1v) is 6.72. The van der Waals surface area contributed by atoms with Crippen LogP contribution in [-0.2, 0) is 10.3 Å². The van der Waals surface area contributed by atoms with Crippen LogP contribution >= 0.6 is 11.3 Å². The van der Waals surface area contributed by atoms with Crippen LogP contribution in [0.5, 0.6) is 0 Å². The molecular formula is C12H19N3O3S. The van der Waals surface area contributed by atoms with Crippen LogP contribution in [0.1, 0.15) is 32.7 Å². The van der Waals surface area contributed by atoms with Gasteiger partial charge in [0.25, 0.3) is 0 Å². The zero-order valence-corrected chi connectivity index (χ0v) is 12.3. The summed E-state index contributed by atoms with van der Waals surface area (Å²) in [7, 11) is 0. The van der Waals surface area contributed by atoms with Gasteiger partial charge in [0.2, 0.25) is 0 Å². The highest BCUT2D eigenvalue weighted by atomic mass is 32.1. The molecule has 1 rings (SSSR count). The highest BCUT2D eigenvalue weighted by Crippen LogP contribution is 2.21. The predicted molar refractivity (Wildman–Crippen MR) is 73.1 cm³/mol. The van der Waals surface area contributed by atoms with E-state index in [-0.39, 0.29) is 6.54 Å². The lowest BCUT2D eigenvalue weighted by Gasteiger charge is -2.25. The Morgan fingerprint density at radius 1 is 1.37 bits per heavy atom. The first kappa shape index (κ1) is 15.4. The number of amides is 2. The van der Waals surface area contributed by atoms with Crippen molar-refractivity contribution in [3.63, 3.8) is 0 Å². The smallest absolute Gasteiger partial charge is 0.315 e. The molecule has 0 aliphatic heterocycles. The molecule has 1 aromatic rings. The van der Waals surface area contributed by atoms with Crippen molar-refractivity contribution in [2.45, 2.75) is 33.2 Å². The maximum absolute atomic E-state index is 11.8. The third-order valence-corrected chi connectivity index (χ3v) is 3.76. The van der Waals surface area contributed by atoms with Gasteiger partial charge in [0.1, 0.15) is 5.01 Å². The Kier molecular flexibility index (Phi) is 4.52. The average molecular weight is 285 g/mol. The topological polar surface area (TPSA) is 91.3 Å². The standard InChI is InChI=1S/C12H19N3O3S/c1-11(2,9(16)17)7-14-10(18)15-12(3,4)8-13-5-6-19-8/h5-6H,7H2,1-4H3,(H,16,17)(H2,14,15,18). The SMILES string of the molecule is CC(C)(CNC(=O)NC(C)(C)c1nccs1)C(=O)O. The summed E-state index contributed by atoms with van der Waals surface area (Å²) in [6.07, 6.45) is 1.68. The number of carboxylic acids is 1. The van der Waals surface area contributed by atoms with Gasteiger partial charge in [-0.2, -0.15) is 0 Å². The molecule has 19 heavy (non-hydrogen) atoms. The third kappa shape index (κ3) is 4.20. The number of aliphatic carboxylic acids is 1. The third-order valence-electron chi connectivity index (χ3n) is 2.66. The zero-order chi connectivity index (χ0) is 14.7. The van der Waals surface area contributed by atoms with E-state index in [2.05, 4.69) is 15.6 Å². The number of nitrogens with one attached hydrogen (secondary N) is 2. The minimum Gasteiger partial charge on any atom is -0.481 e. The van der Waals surface area contributed by atoms with Crippen molar-refractivity contribution in [2.75, 3.05) is 6.54 Å². The number of nitrogens with zero attached hydrogens (tertiary/aromatic N) is 1. The van der Waals surface area contributed by atoms with Gasteiger partial charge in [0.05, 0.1) is 11.0 Å². The predicted octanol–water partition coefficient (Wildman–Crippen LogP) is 1.79. The molecule has 0 aliphatic rings. The molecule has 0 radical (unpaired) electrons. The van der Waals surface area contributed by atoms with Crippen molar-refractivity contribution in [3.05, 3.63) is 16.6 Å². The number of urea groups is 1. The minimum atomic E-state index is -0.997.